The molecule has 2 N–H and O–H groups in total. The third kappa shape index (κ3) is 4.38. The van der Waals surface area contributed by atoms with Crippen molar-refractivity contribution in [3.63, 3.8) is 0 Å². The van der Waals surface area contributed by atoms with Gasteiger partial charge in [0.2, 0.25) is 5.91 Å². The number of hydrogen-bond acceptors (Lipinski definition) is 2. The maximum Gasteiger partial charge on any atom is 0.248 e. The van der Waals surface area contributed by atoms with Gasteiger partial charge in [-0.1, -0.05) is 18.7 Å². The van der Waals surface area contributed by atoms with Crippen LogP contribution < -0.4 is 5.73 Å². The van der Waals surface area contributed by atoms with Crippen LogP contribution in [0, 0.1) is 0 Å². The van der Waals surface area contributed by atoms with Crippen LogP contribution in [-0.4, -0.2) is 17.3 Å². The van der Waals surface area contributed by atoms with Crippen LogP contribution in [0.15, 0.2) is 4.99 Å². The Hall–Kier alpha value is -0.510. The molecule has 0 bridgehead atoms. The van der Waals surface area contributed by atoms with Crippen molar-refractivity contribution in [3.05, 3.63) is 0 Å². The molecule has 0 saturated heterocycles. The highest BCUT2D eigenvalue weighted by molar-refractivity contribution is 8.13. The maximum absolute atomic E-state index is 10.7. The summed E-state index contributed by atoms with van der Waals surface area (Å²) in [5, 5.41) is 0.346. The molecule has 58 valence electrons. The number of hydrogen-bond donors (Lipinski definition) is 1. The van der Waals surface area contributed by atoms with Gasteiger partial charge in [-0.2, -0.15) is 4.99 Å². The van der Waals surface area contributed by atoms with Crippen LogP contribution >= 0.6 is 11.8 Å². The number of aliphatic imine (C=N–C) groups is 1. The lowest BCUT2D eigenvalue weighted by Gasteiger charge is -1.92. The van der Waals surface area contributed by atoms with Crippen LogP contribution in [-0.2, 0) is 4.79 Å². The van der Waals surface area contributed by atoms with Gasteiger partial charge in [0.25, 0.3) is 0 Å². The largest absolute Gasteiger partial charge is 0.378 e. The van der Waals surface area contributed by atoms with E-state index in [1.807, 2.05) is 6.92 Å². The second-order valence-corrected chi connectivity index (χ2v) is 2.62. The fourth-order valence-corrected chi connectivity index (χ4v) is 0.631. The van der Waals surface area contributed by atoms with Crippen LogP contribution in [0.3, 0.4) is 0 Å². The molecule has 0 aliphatic carbocycles. The average Bonchev–Trinajstić information content (AvgIpc) is 1.88. The van der Waals surface area contributed by atoms with Crippen LogP contribution in [0.4, 0.5) is 0 Å². The Morgan fingerprint density at radius 1 is 1.70 bits per heavy atom. The Morgan fingerprint density at radius 2 is 2.30 bits per heavy atom. The number of carbonyl (C=O) groups is 1. The number of thioether (sulfide) groups is 1. The first-order chi connectivity index (χ1) is 4.70. The molecule has 3 nitrogen and oxygen atoms in total. The summed E-state index contributed by atoms with van der Waals surface area (Å²) in [5.41, 5.74) is 5.30. The van der Waals surface area contributed by atoms with Crippen molar-refractivity contribution in [2.75, 3.05) is 6.26 Å². The van der Waals surface area contributed by atoms with Crippen LogP contribution in [0.25, 0.3) is 0 Å². The van der Waals surface area contributed by atoms with Gasteiger partial charge in [0, 0.05) is 6.42 Å². The van der Waals surface area contributed by atoms with E-state index in [9.17, 15) is 4.79 Å². The van der Waals surface area contributed by atoms with Crippen molar-refractivity contribution >= 4 is 22.8 Å². The molecule has 0 aliphatic heterocycles. The molecule has 1 amide bonds. The summed E-state index contributed by atoms with van der Waals surface area (Å²) in [6.07, 6.45) is 3.10. The lowest BCUT2D eigenvalue weighted by molar-refractivity contribution is -0.117. The standard InChI is InChI=1S/C6H12N2OS/c1-3-4-5(9)8-6(7)10-2/h3-4H2,1-2H3,(H2,7,8,9). The van der Waals surface area contributed by atoms with Gasteiger partial charge in [-0.15, -0.1) is 0 Å². The maximum atomic E-state index is 10.7. The second-order valence-electron chi connectivity index (χ2n) is 1.80. The fraction of sp³-hybridized carbons (Fsp3) is 0.667. The topological polar surface area (TPSA) is 55.5 Å². The first kappa shape index (κ1) is 9.49. The predicted molar refractivity (Wildman–Crippen MR) is 45.1 cm³/mol. The molecule has 0 aliphatic rings. The lowest BCUT2D eigenvalue weighted by Crippen LogP contribution is -2.08. The molecule has 0 aromatic rings. The highest BCUT2D eigenvalue weighted by Crippen LogP contribution is 1.95. The van der Waals surface area contributed by atoms with Gasteiger partial charge in [-0.3, -0.25) is 4.79 Å². The van der Waals surface area contributed by atoms with Gasteiger partial charge < -0.3 is 5.73 Å². The van der Waals surface area contributed by atoms with Crippen molar-refractivity contribution in [2.24, 2.45) is 10.7 Å². The number of nitrogens with zero attached hydrogens (tertiary/aromatic N) is 1. The molecule has 0 heterocycles. The van der Waals surface area contributed by atoms with Gasteiger partial charge in [-0.05, 0) is 12.7 Å². The Bertz CT molecular complexity index is 145. The molecule has 0 atom stereocenters. The van der Waals surface area contributed by atoms with Crippen LogP contribution in [0.1, 0.15) is 19.8 Å². The zero-order chi connectivity index (χ0) is 7.98. The van der Waals surface area contributed by atoms with E-state index in [1.165, 1.54) is 11.8 Å². The van der Waals surface area contributed by atoms with E-state index in [4.69, 9.17) is 5.73 Å². The number of nitrogens with two attached hydrogens (primary N) is 1. The van der Waals surface area contributed by atoms with E-state index in [-0.39, 0.29) is 5.91 Å². The zero-order valence-electron chi connectivity index (χ0n) is 6.26. The average molecular weight is 160 g/mol. The summed E-state index contributed by atoms with van der Waals surface area (Å²) in [7, 11) is 0. The molecule has 0 aromatic heterocycles. The molecule has 0 spiro atoms. The van der Waals surface area contributed by atoms with Gasteiger partial charge >= 0.3 is 0 Å². The molecule has 0 unspecified atom stereocenters. The molecule has 0 aromatic carbocycles. The Balaban J connectivity index is 3.75. The third-order valence-corrected chi connectivity index (χ3v) is 1.42. The Kier molecular flexibility index (Phi) is 5.02. The minimum Gasteiger partial charge on any atom is -0.378 e. The summed E-state index contributed by atoms with van der Waals surface area (Å²) in [6.45, 7) is 1.93. The highest BCUT2D eigenvalue weighted by atomic mass is 32.2. The molecule has 0 saturated carbocycles. The minimum absolute atomic E-state index is 0.130. The van der Waals surface area contributed by atoms with E-state index in [2.05, 4.69) is 4.99 Å². The normalized spacial score (nSPS) is 11.6. The smallest absolute Gasteiger partial charge is 0.248 e. The van der Waals surface area contributed by atoms with E-state index in [1.54, 1.807) is 6.26 Å². The number of rotatable bonds is 2. The fourth-order valence-electron chi connectivity index (χ4n) is 0.438. The number of carbonyl (C=O) groups excluding carboxylic acids is 1. The van der Waals surface area contributed by atoms with Crippen molar-refractivity contribution in [1.29, 1.82) is 0 Å². The van der Waals surface area contributed by atoms with Crippen molar-refractivity contribution in [1.82, 2.24) is 0 Å². The van der Waals surface area contributed by atoms with E-state index in [0.717, 1.165) is 6.42 Å². The Morgan fingerprint density at radius 3 is 2.70 bits per heavy atom. The van der Waals surface area contributed by atoms with Crippen molar-refractivity contribution < 1.29 is 4.79 Å². The summed E-state index contributed by atoms with van der Waals surface area (Å²) in [4.78, 5) is 14.3. The van der Waals surface area contributed by atoms with E-state index < -0.39 is 0 Å². The molecular weight excluding hydrogens is 148 g/mol. The Labute approximate surface area is 65.1 Å². The summed E-state index contributed by atoms with van der Waals surface area (Å²) in [6, 6.07) is 0. The molecular formula is C6H12N2OS. The SMILES string of the molecule is CCCC(=O)N=C(N)SC. The molecule has 0 fully saturated rings. The van der Waals surface area contributed by atoms with Gasteiger partial charge in [0.05, 0.1) is 0 Å². The highest BCUT2D eigenvalue weighted by Gasteiger charge is 1.96. The van der Waals surface area contributed by atoms with Crippen LogP contribution in [0.2, 0.25) is 0 Å². The van der Waals surface area contributed by atoms with Gasteiger partial charge in [0.1, 0.15) is 0 Å². The van der Waals surface area contributed by atoms with Gasteiger partial charge in [0.15, 0.2) is 5.17 Å². The van der Waals surface area contributed by atoms with Crippen molar-refractivity contribution in [3.8, 4) is 0 Å². The quantitative estimate of drug-likeness (QED) is 0.484. The minimum atomic E-state index is -0.130. The molecule has 0 radical (unpaired) electrons. The first-order valence-electron chi connectivity index (χ1n) is 3.11. The van der Waals surface area contributed by atoms with Gasteiger partial charge in [-0.25, -0.2) is 0 Å². The number of amidine groups is 1. The molecule has 4 heteroatoms. The molecule has 0 rings (SSSR count). The summed E-state index contributed by atoms with van der Waals surface area (Å²) in [5.74, 6) is -0.130. The van der Waals surface area contributed by atoms with Crippen molar-refractivity contribution in [2.45, 2.75) is 19.8 Å². The van der Waals surface area contributed by atoms with E-state index in [0.29, 0.717) is 11.6 Å². The van der Waals surface area contributed by atoms with Crippen LogP contribution in [0.5, 0.6) is 0 Å². The third-order valence-electron chi connectivity index (χ3n) is 0.908. The predicted octanol–water partition coefficient (Wildman–Crippen LogP) is 0.991. The van der Waals surface area contributed by atoms with E-state index >= 15 is 0 Å². The second kappa shape index (κ2) is 5.29. The monoisotopic (exact) mass is 160 g/mol. The summed E-state index contributed by atoms with van der Waals surface area (Å²) >= 11 is 1.29. The lowest BCUT2D eigenvalue weighted by atomic mass is 10.3. The summed E-state index contributed by atoms with van der Waals surface area (Å²) < 4.78 is 0. The molecule has 10 heavy (non-hydrogen) atoms. The zero-order valence-corrected chi connectivity index (χ0v) is 7.07. The first-order valence-corrected chi connectivity index (χ1v) is 4.34. The number of amides is 1.